The Bertz CT molecular complexity index is 1210. The molecule has 0 fully saturated rings. The van der Waals surface area contributed by atoms with Gasteiger partial charge in [-0.3, -0.25) is 14.7 Å². The molecule has 2 aliphatic heterocycles. The number of pyridine rings is 1. The number of likely N-dealkylation sites (N-methyl/N-ethyl adjacent to an activating group) is 1. The number of carbonyl (C=O) groups is 1. The molecule has 5 rings (SSSR count). The summed E-state index contributed by atoms with van der Waals surface area (Å²) < 4.78 is 19.9. The number of fused-ring (bicyclic) bond motifs is 4. The van der Waals surface area contributed by atoms with Gasteiger partial charge in [-0.1, -0.05) is 17.7 Å². The van der Waals surface area contributed by atoms with E-state index in [1.165, 1.54) is 23.2 Å². The van der Waals surface area contributed by atoms with Crippen molar-refractivity contribution in [3.63, 3.8) is 0 Å². The molecule has 1 atom stereocenters. The molecule has 8 heteroatoms. The maximum atomic E-state index is 13.9. The highest BCUT2D eigenvalue weighted by Crippen LogP contribution is 2.52. The molecular weight excluding hydrogens is 395 g/mol. The third-order valence-corrected chi connectivity index (χ3v) is 5.42. The maximum Gasteiger partial charge on any atom is 0.266 e. The van der Waals surface area contributed by atoms with E-state index in [1.807, 2.05) is 0 Å². The first-order chi connectivity index (χ1) is 13.9. The minimum atomic E-state index is -1.39. The number of aromatic nitrogens is 1. The van der Waals surface area contributed by atoms with Gasteiger partial charge in [-0.25, -0.2) is 9.38 Å². The van der Waals surface area contributed by atoms with Crippen LogP contribution in [0, 0.1) is 5.82 Å². The zero-order chi connectivity index (χ0) is 20.3. The summed E-state index contributed by atoms with van der Waals surface area (Å²) >= 11 is 6.02. The van der Waals surface area contributed by atoms with Crippen LogP contribution in [0.15, 0.2) is 59.9 Å². The molecule has 2 N–H and O–H groups in total. The molecule has 0 saturated heterocycles. The van der Waals surface area contributed by atoms with Crippen LogP contribution >= 0.6 is 11.6 Å². The lowest BCUT2D eigenvalue weighted by atomic mass is 9.79. The number of hydrogen-bond donors (Lipinski definition) is 1. The summed E-state index contributed by atoms with van der Waals surface area (Å²) in [7, 11) is 1.57. The van der Waals surface area contributed by atoms with Crippen molar-refractivity contribution in [2.24, 2.45) is 10.7 Å². The lowest BCUT2D eigenvalue weighted by molar-refractivity contribution is -0.129. The van der Waals surface area contributed by atoms with Crippen molar-refractivity contribution in [1.29, 1.82) is 0 Å². The van der Waals surface area contributed by atoms with Crippen molar-refractivity contribution < 1.29 is 13.9 Å². The largest absolute Gasteiger partial charge is 0.455 e. The second-order valence-electron chi connectivity index (χ2n) is 6.89. The Hall–Kier alpha value is -3.45. The van der Waals surface area contributed by atoms with E-state index < -0.39 is 11.4 Å². The number of benzene rings is 2. The molecule has 0 radical (unpaired) electrons. The van der Waals surface area contributed by atoms with Gasteiger partial charge in [0.25, 0.3) is 5.91 Å². The van der Waals surface area contributed by atoms with Gasteiger partial charge in [0.05, 0.1) is 6.20 Å². The predicted octanol–water partition coefficient (Wildman–Crippen LogP) is 3.68. The molecular formula is C21H14ClFN4O2. The van der Waals surface area contributed by atoms with Crippen LogP contribution in [0.3, 0.4) is 0 Å². The second kappa shape index (κ2) is 6.02. The van der Waals surface area contributed by atoms with Gasteiger partial charge in [0.2, 0.25) is 5.54 Å². The first-order valence-corrected chi connectivity index (χ1v) is 9.15. The van der Waals surface area contributed by atoms with E-state index in [9.17, 15) is 9.18 Å². The molecule has 1 aromatic heterocycles. The maximum absolute atomic E-state index is 13.9. The zero-order valence-electron chi connectivity index (χ0n) is 15.2. The van der Waals surface area contributed by atoms with E-state index in [-0.39, 0.29) is 16.9 Å². The number of carbonyl (C=O) groups excluding carboxylic acids is 1. The van der Waals surface area contributed by atoms with Crippen molar-refractivity contribution in [2.45, 2.75) is 5.54 Å². The van der Waals surface area contributed by atoms with Gasteiger partial charge in [-0.2, -0.15) is 0 Å². The molecule has 3 heterocycles. The first-order valence-electron chi connectivity index (χ1n) is 8.77. The lowest BCUT2D eigenvalue weighted by Gasteiger charge is -2.33. The average Bonchev–Trinajstić information content (AvgIpc) is 2.92. The highest BCUT2D eigenvalue weighted by Gasteiger charge is 2.54. The molecule has 0 saturated carbocycles. The standard InChI is InChI=1S/C21H14ClFN4O2/c1-27-19(28)21(26-20(27)24)15-4-5-25-10-18(15)29-17-3-2-11(8-16(17)21)12-6-13(22)9-14(23)7-12/h2-10H,1H3,(H2,24,26). The molecule has 0 bridgehead atoms. The minimum absolute atomic E-state index is 0.102. The number of nitrogens with zero attached hydrogens (tertiary/aromatic N) is 3. The molecule has 1 amide bonds. The van der Waals surface area contributed by atoms with Crippen molar-refractivity contribution >= 4 is 23.5 Å². The average molecular weight is 409 g/mol. The summed E-state index contributed by atoms with van der Waals surface area (Å²) in [6, 6.07) is 11.2. The van der Waals surface area contributed by atoms with Gasteiger partial charge in [0, 0.05) is 29.4 Å². The summed E-state index contributed by atoms with van der Waals surface area (Å²) in [4.78, 5) is 23.3. The second-order valence-corrected chi connectivity index (χ2v) is 7.32. The molecule has 1 unspecified atom stereocenters. The fraction of sp³-hybridized carbons (Fsp3) is 0.0952. The fourth-order valence-electron chi connectivity index (χ4n) is 3.82. The van der Waals surface area contributed by atoms with Gasteiger partial charge >= 0.3 is 0 Å². The molecule has 6 nitrogen and oxygen atoms in total. The number of amides is 1. The molecule has 3 aromatic rings. The topological polar surface area (TPSA) is 80.8 Å². The quantitative estimate of drug-likeness (QED) is 0.666. The van der Waals surface area contributed by atoms with E-state index in [4.69, 9.17) is 22.1 Å². The van der Waals surface area contributed by atoms with Gasteiger partial charge in [-0.05, 0) is 47.5 Å². The highest BCUT2D eigenvalue weighted by atomic mass is 35.5. The number of ether oxygens (including phenoxy) is 1. The summed E-state index contributed by atoms with van der Waals surface area (Å²) in [5, 5.41) is 0.277. The van der Waals surface area contributed by atoms with Crippen LogP contribution in [0.25, 0.3) is 11.1 Å². The van der Waals surface area contributed by atoms with Gasteiger partial charge in [0.15, 0.2) is 11.7 Å². The molecule has 0 aliphatic carbocycles. The number of nitrogens with two attached hydrogens (primary N) is 1. The third kappa shape index (κ3) is 2.44. The zero-order valence-corrected chi connectivity index (χ0v) is 15.9. The van der Waals surface area contributed by atoms with Crippen LogP contribution in [0.1, 0.15) is 11.1 Å². The van der Waals surface area contributed by atoms with Crippen molar-refractivity contribution in [1.82, 2.24) is 9.88 Å². The Labute approximate surface area is 170 Å². The van der Waals surface area contributed by atoms with E-state index in [0.29, 0.717) is 33.8 Å². The van der Waals surface area contributed by atoms with E-state index in [0.717, 1.165) is 0 Å². The number of halogens is 2. The Kier molecular flexibility index (Phi) is 3.66. The van der Waals surface area contributed by atoms with Gasteiger partial charge in [0.1, 0.15) is 11.6 Å². The normalized spacial score (nSPS) is 19.6. The van der Waals surface area contributed by atoms with Crippen molar-refractivity contribution in [3.8, 4) is 22.6 Å². The molecule has 1 spiro atoms. The Balaban J connectivity index is 1.79. The van der Waals surface area contributed by atoms with Crippen molar-refractivity contribution in [2.75, 3.05) is 7.05 Å². The van der Waals surface area contributed by atoms with Crippen LogP contribution in [0.2, 0.25) is 5.02 Å². The number of hydrogen-bond acceptors (Lipinski definition) is 5. The summed E-state index contributed by atoms with van der Waals surface area (Å²) in [5.41, 5.74) is 6.93. The molecule has 2 aliphatic rings. The Morgan fingerprint density at radius 1 is 1.10 bits per heavy atom. The van der Waals surface area contributed by atoms with Crippen molar-refractivity contribution in [3.05, 3.63) is 76.8 Å². The molecule has 144 valence electrons. The number of guanidine groups is 1. The third-order valence-electron chi connectivity index (χ3n) is 5.20. The van der Waals surface area contributed by atoms with Gasteiger partial charge in [-0.15, -0.1) is 0 Å². The van der Waals surface area contributed by atoms with E-state index in [2.05, 4.69) is 9.98 Å². The van der Waals surface area contributed by atoms with Crippen LogP contribution in [0.5, 0.6) is 11.5 Å². The fourth-order valence-corrected chi connectivity index (χ4v) is 4.04. The first kappa shape index (κ1) is 17.6. The lowest BCUT2D eigenvalue weighted by Crippen LogP contribution is -2.42. The molecule has 29 heavy (non-hydrogen) atoms. The summed E-state index contributed by atoms with van der Waals surface area (Å²) in [6.45, 7) is 0. The van der Waals surface area contributed by atoms with E-state index in [1.54, 1.807) is 43.6 Å². The molecule has 2 aromatic carbocycles. The minimum Gasteiger partial charge on any atom is -0.455 e. The SMILES string of the molecule is CN1C(=O)C2(N=C1N)c1ccncc1Oc1ccc(-c3cc(F)cc(Cl)c3)cc12. The van der Waals surface area contributed by atoms with E-state index >= 15 is 0 Å². The van der Waals surface area contributed by atoms with Gasteiger partial charge < -0.3 is 10.5 Å². The smallest absolute Gasteiger partial charge is 0.266 e. The van der Waals surface area contributed by atoms with Crippen LogP contribution in [-0.4, -0.2) is 28.8 Å². The number of aliphatic imine (C=N–C) groups is 1. The van der Waals surface area contributed by atoms with Crippen LogP contribution in [-0.2, 0) is 10.3 Å². The monoisotopic (exact) mass is 408 g/mol. The van der Waals surface area contributed by atoms with Crippen LogP contribution in [0.4, 0.5) is 4.39 Å². The number of rotatable bonds is 1. The highest BCUT2D eigenvalue weighted by molar-refractivity contribution is 6.30. The summed E-state index contributed by atoms with van der Waals surface area (Å²) in [6.07, 6.45) is 3.11. The van der Waals surface area contributed by atoms with Crippen LogP contribution < -0.4 is 10.5 Å². The Morgan fingerprint density at radius 3 is 2.66 bits per heavy atom. The summed E-state index contributed by atoms with van der Waals surface area (Å²) in [5.74, 6) is 0.233. The predicted molar refractivity (Wildman–Crippen MR) is 106 cm³/mol. The Morgan fingerprint density at radius 2 is 1.93 bits per heavy atom.